The third-order valence-corrected chi connectivity index (χ3v) is 7.80. The molecule has 1 radical (unpaired) electrons. The molecule has 1 N–H and O–H groups in total. The number of allylic oxidation sites excluding steroid dienone is 2. The number of pyridine rings is 1. The van der Waals surface area contributed by atoms with E-state index in [1.807, 2.05) is 45.9 Å². The van der Waals surface area contributed by atoms with Gasteiger partial charge < -0.3 is 9.84 Å². The number of carbonyl (C=O) groups is 1. The van der Waals surface area contributed by atoms with E-state index in [2.05, 4.69) is 92.7 Å². The Balaban J connectivity index is 0.000000307. The molecule has 0 saturated carbocycles. The molecule has 245 valence electrons. The monoisotopic (exact) mass is 803 g/mol. The summed E-state index contributed by atoms with van der Waals surface area (Å²) < 4.78 is 6.63. The Hall–Kier alpha value is -4.05. The fourth-order valence-corrected chi connectivity index (χ4v) is 5.94. The second kappa shape index (κ2) is 16.2. The van der Waals surface area contributed by atoms with Crippen LogP contribution in [0.15, 0.2) is 103 Å². The number of fused-ring (bicyclic) bond motifs is 6. The predicted molar refractivity (Wildman–Crippen MR) is 190 cm³/mol. The summed E-state index contributed by atoms with van der Waals surface area (Å²) in [7, 11) is 0. The maximum Gasteiger partial charge on any atom is 0.159 e. The minimum Gasteiger partial charge on any atom is -0.512 e. The van der Waals surface area contributed by atoms with Crippen LogP contribution in [0.25, 0.3) is 44.4 Å². The molecule has 1 aliphatic rings. The number of hydrogen-bond acceptors (Lipinski definition) is 4. The zero-order valence-corrected chi connectivity index (χ0v) is 30.5. The van der Waals surface area contributed by atoms with Crippen LogP contribution < -0.4 is 4.74 Å². The first-order chi connectivity index (χ1) is 22.1. The zero-order valence-electron chi connectivity index (χ0n) is 28.1. The van der Waals surface area contributed by atoms with E-state index in [4.69, 9.17) is 9.72 Å². The second-order valence-electron chi connectivity index (χ2n) is 13.3. The first kappa shape index (κ1) is 35.8. The summed E-state index contributed by atoms with van der Waals surface area (Å²) in [6.07, 6.45) is 3.46. The van der Waals surface area contributed by atoms with Gasteiger partial charge in [0.15, 0.2) is 5.78 Å². The molecule has 0 fully saturated rings. The number of rotatable bonds is 8. The van der Waals surface area contributed by atoms with Gasteiger partial charge in [-0.15, -0.1) is 18.2 Å². The molecular weight excluding hydrogens is 759 g/mol. The molecule has 2 heterocycles. The Labute approximate surface area is 293 Å². The summed E-state index contributed by atoms with van der Waals surface area (Å²) in [5.74, 6) is 3.20. The average Bonchev–Trinajstić information content (AvgIpc) is 3.15. The summed E-state index contributed by atoms with van der Waals surface area (Å²) in [4.78, 5) is 16.3. The van der Waals surface area contributed by atoms with E-state index in [1.54, 1.807) is 0 Å². The normalized spacial score (nSPS) is 11.9. The van der Waals surface area contributed by atoms with Crippen molar-refractivity contribution < 1.29 is 34.7 Å². The van der Waals surface area contributed by atoms with E-state index >= 15 is 0 Å². The van der Waals surface area contributed by atoms with Crippen molar-refractivity contribution in [1.29, 1.82) is 0 Å². The Kier molecular flexibility index (Phi) is 12.3. The summed E-state index contributed by atoms with van der Waals surface area (Å²) in [6, 6.07) is 34.9. The maximum atomic E-state index is 11.2. The van der Waals surface area contributed by atoms with E-state index < -0.39 is 0 Å². The number of carbonyl (C=O) groups excluding carboxylic acids is 1. The quantitative estimate of drug-likeness (QED) is 0.0946. The Morgan fingerprint density at radius 1 is 0.787 bits per heavy atom. The van der Waals surface area contributed by atoms with Crippen molar-refractivity contribution in [2.24, 2.45) is 17.8 Å². The zero-order chi connectivity index (χ0) is 32.8. The summed E-state index contributed by atoms with van der Waals surface area (Å²) in [6.45, 7) is 12.5. The van der Waals surface area contributed by atoms with Crippen LogP contribution in [-0.2, 0) is 31.3 Å². The molecular formula is C42H44IrNO3-. The SMILES string of the molecule is CC(C)CC(=O)/C=C(\O)CC(C)C.CC(C)Cc1cc(-c2[c-]ccc3c2Oc2ccccc2-c2ccccc2-3)nc2ccccc12.[Ir]. The maximum absolute atomic E-state index is 11.2. The number of ketones is 1. The van der Waals surface area contributed by atoms with Gasteiger partial charge in [0.05, 0.1) is 17.0 Å². The van der Waals surface area contributed by atoms with E-state index in [0.29, 0.717) is 30.6 Å². The molecule has 0 amide bonds. The van der Waals surface area contributed by atoms with Crippen LogP contribution in [0.1, 0.15) is 59.9 Å². The molecule has 47 heavy (non-hydrogen) atoms. The van der Waals surface area contributed by atoms with Crippen LogP contribution in [0.2, 0.25) is 0 Å². The van der Waals surface area contributed by atoms with Crippen molar-refractivity contribution in [1.82, 2.24) is 4.98 Å². The molecule has 0 aliphatic carbocycles. The predicted octanol–water partition coefficient (Wildman–Crippen LogP) is 11.4. The topological polar surface area (TPSA) is 59.4 Å². The van der Waals surface area contributed by atoms with Crippen molar-refractivity contribution >= 4 is 16.7 Å². The number of nitrogens with zero attached hydrogens (tertiary/aromatic N) is 1. The fraction of sp³-hybridized carbons (Fsp3) is 0.286. The standard InChI is InChI=1S/C31H24NO.C11H20O2.Ir/c1-20(2)18-21-19-29(32-28-16-7-5-10-22(21)28)27-15-9-14-26-24-12-4-3-11-23(24)25-13-6-8-17-30(25)33-31(26)27;1-8(2)5-10(12)7-11(13)6-9(3)4;/h3-14,16-17,19-20H,18H2,1-2H3;7-9,12H,5-6H2,1-4H3;/q-1;;/b;10-7-;. The van der Waals surface area contributed by atoms with Crippen LogP contribution in [0.3, 0.4) is 0 Å². The van der Waals surface area contributed by atoms with Crippen molar-refractivity contribution in [3.63, 3.8) is 0 Å². The minimum absolute atomic E-state index is 0. The van der Waals surface area contributed by atoms with E-state index in [1.165, 1.54) is 22.6 Å². The van der Waals surface area contributed by atoms with Crippen molar-refractivity contribution in [2.45, 2.75) is 60.8 Å². The van der Waals surface area contributed by atoms with Crippen molar-refractivity contribution in [3.05, 3.63) is 114 Å². The van der Waals surface area contributed by atoms with Crippen molar-refractivity contribution in [2.75, 3.05) is 0 Å². The Morgan fingerprint density at radius 2 is 1.40 bits per heavy atom. The average molecular weight is 803 g/mol. The number of para-hydroxylation sites is 2. The molecule has 5 aromatic rings. The molecule has 4 aromatic carbocycles. The third-order valence-electron chi connectivity index (χ3n) is 7.80. The molecule has 0 atom stereocenters. The fourth-order valence-electron chi connectivity index (χ4n) is 5.94. The first-order valence-corrected chi connectivity index (χ1v) is 16.3. The second-order valence-corrected chi connectivity index (χ2v) is 13.3. The smallest absolute Gasteiger partial charge is 0.159 e. The Bertz CT molecular complexity index is 1870. The number of ether oxygens (including phenoxy) is 1. The van der Waals surface area contributed by atoms with Gasteiger partial charge in [-0.05, 0) is 58.7 Å². The third kappa shape index (κ3) is 8.86. The summed E-state index contributed by atoms with van der Waals surface area (Å²) in [5.41, 5.74) is 8.62. The van der Waals surface area contributed by atoms with Crippen LogP contribution in [0.4, 0.5) is 0 Å². The van der Waals surface area contributed by atoms with E-state index in [-0.39, 0.29) is 31.6 Å². The molecule has 5 heteroatoms. The van der Waals surface area contributed by atoms with Gasteiger partial charge in [-0.3, -0.25) is 9.78 Å². The molecule has 0 bridgehead atoms. The van der Waals surface area contributed by atoms with Crippen LogP contribution in [-0.4, -0.2) is 15.9 Å². The van der Waals surface area contributed by atoms with Gasteiger partial charge in [0.1, 0.15) is 5.75 Å². The summed E-state index contributed by atoms with van der Waals surface area (Å²) >= 11 is 0. The molecule has 1 aliphatic heterocycles. The number of hydrogen-bond donors (Lipinski definition) is 1. The van der Waals surface area contributed by atoms with Gasteiger partial charge in [0.25, 0.3) is 0 Å². The van der Waals surface area contributed by atoms with Gasteiger partial charge in [-0.1, -0.05) is 119 Å². The minimum atomic E-state index is 0. The van der Waals surface area contributed by atoms with Gasteiger partial charge in [0.2, 0.25) is 0 Å². The number of aromatic nitrogens is 1. The van der Waals surface area contributed by atoms with Gasteiger partial charge in [-0.2, -0.15) is 0 Å². The molecule has 1 aromatic heterocycles. The van der Waals surface area contributed by atoms with Gasteiger partial charge in [-0.25, -0.2) is 0 Å². The number of aliphatic hydroxyl groups is 1. The summed E-state index contributed by atoms with van der Waals surface area (Å²) in [5, 5.41) is 10.6. The van der Waals surface area contributed by atoms with Crippen LogP contribution in [0, 0.1) is 23.8 Å². The Morgan fingerprint density at radius 3 is 2.09 bits per heavy atom. The largest absolute Gasteiger partial charge is 0.512 e. The molecule has 6 rings (SSSR count). The van der Waals surface area contributed by atoms with Crippen molar-refractivity contribution in [3.8, 4) is 45.0 Å². The first-order valence-electron chi connectivity index (χ1n) is 16.3. The van der Waals surface area contributed by atoms with Gasteiger partial charge >= 0.3 is 0 Å². The number of aliphatic hydroxyl groups excluding tert-OH is 1. The molecule has 4 nitrogen and oxygen atoms in total. The van der Waals surface area contributed by atoms with Crippen LogP contribution >= 0.6 is 0 Å². The molecule has 0 unspecified atom stereocenters. The van der Waals surface area contributed by atoms with E-state index in [0.717, 1.165) is 51.4 Å². The number of benzene rings is 4. The molecule has 0 saturated heterocycles. The molecule has 0 spiro atoms. The van der Waals surface area contributed by atoms with Gasteiger partial charge in [0, 0.05) is 50.0 Å². The van der Waals surface area contributed by atoms with Crippen LogP contribution in [0.5, 0.6) is 11.5 Å². The van der Waals surface area contributed by atoms with E-state index in [9.17, 15) is 9.90 Å².